The fraction of sp³-hybridized carbons (Fsp3) is 0.500. The van der Waals surface area contributed by atoms with Crippen LogP contribution in [0.5, 0.6) is 0 Å². The van der Waals surface area contributed by atoms with Gasteiger partial charge in [-0.1, -0.05) is 22.0 Å². The molecule has 0 aliphatic heterocycles. The molecular formula is C20H22BrN3O. The zero-order valence-corrected chi connectivity index (χ0v) is 15.7. The Labute approximate surface area is 155 Å². The van der Waals surface area contributed by atoms with Gasteiger partial charge in [0.1, 0.15) is 0 Å². The number of rotatable bonds is 2. The lowest BCUT2D eigenvalue weighted by Gasteiger charge is -2.59. The molecule has 1 heterocycles. The minimum atomic E-state index is -0.299. The molecule has 0 spiro atoms. The summed E-state index contributed by atoms with van der Waals surface area (Å²) in [5.74, 6) is 7.81. The molecule has 1 aromatic heterocycles. The number of aromatic nitrogens is 1. The molecule has 130 valence electrons. The van der Waals surface area contributed by atoms with Crippen molar-refractivity contribution in [3.63, 3.8) is 0 Å². The number of alkyl halides is 1. The molecule has 4 bridgehead atoms. The summed E-state index contributed by atoms with van der Waals surface area (Å²) in [6.45, 7) is 0. The molecule has 2 unspecified atom stereocenters. The Hall–Kier alpha value is -1.46. The molecule has 4 fully saturated rings. The maximum Gasteiger partial charge on any atom is 0.247 e. The highest BCUT2D eigenvalue weighted by atomic mass is 79.9. The fourth-order valence-electron chi connectivity index (χ4n) is 6.06. The number of hydrogen-bond donors (Lipinski definition) is 1. The lowest BCUT2D eigenvalue weighted by molar-refractivity contribution is -0.141. The predicted octanol–water partition coefficient (Wildman–Crippen LogP) is 4.18. The van der Waals surface area contributed by atoms with Gasteiger partial charge in [0.05, 0.1) is 16.6 Å². The van der Waals surface area contributed by atoms with Crippen LogP contribution in [0, 0.1) is 17.3 Å². The van der Waals surface area contributed by atoms with Crippen LogP contribution in [0.15, 0.2) is 36.5 Å². The van der Waals surface area contributed by atoms with E-state index in [-0.39, 0.29) is 15.6 Å². The third kappa shape index (κ3) is 2.36. The van der Waals surface area contributed by atoms with Crippen LogP contribution in [0.3, 0.4) is 0 Å². The topological polar surface area (TPSA) is 59.2 Å². The largest absolute Gasteiger partial charge is 0.272 e. The van der Waals surface area contributed by atoms with Crippen molar-refractivity contribution in [2.45, 2.75) is 42.8 Å². The highest BCUT2D eigenvalue weighted by Gasteiger charge is 2.60. The Kier molecular flexibility index (Phi) is 3.32. The van der Waals surface area contributed by atoms with E-state index in [1.807, 2.05) is 30.3 Å². The molecule has 1 aromatic carbocycles. The first-order valence-electron chi connectivity index (χ1n) is 9.10. The van der Waals surface area contributed by atoms with Gasteiger partial charge in [-0.2, -0.15) is 0 Å². The molecule has 4 aliphatic carbocycles. The van der Waals surface area contributed by atoms with Crippen molar-refractivity contribution in [1.29, 1.82) is 0 Å². The summed E-state index contributed by atoms with van der Waals surface area (Å²) >= 11 is 3.98. The first kappa shape index (κ1) is 15.8. The molecule has 0 radical (unpaired) electrons. The molecule has 4 aliphatic rings. The van der Waals surface area contributed by atoms with Gasteiger partial charge in [0.25, 0.3) is 0 Å². The van der Waals surface area contributed by atoms with Crippen molar-refractivity contribution in [2.75, 3.05) is 5.01 Å². The number of nitrogens with two attached hydrogens (primary N) is 1. The normalized spacial score (nSPS) is 35.9. The van der Waals surface area contributed by atoms with E-state index in [0.29, 0.717) is 11.8 Å². The average molecular weight is 400 g/mol. The van der Waals surface area contributed by atoms with Gasteiger partial charge in [0.15, 0.2) is 0 Å². The molecule has 25 heavy (non-hydrogen) atoms. The second-order valence-corrected chi connectivity index (χ2v) is 10.1. The first-order chi connectivity index (χ1) is 12.0. The highest BCUT2D eigenvalue weighted by Crippen LogP contribution is 2.64. The number of halogens is 1. The van der Waals surface area contributed by atoms with Crippen LogP contribution < -0.4 is 10.9 Å². The molecule has 6 rings (SSSR count). The number of anilines is 1. The molecule has 2 atom stereocenters. The van der Waals surface area contributed by atoms with Crippen LogP contribution >= 0.6 is 15.9 Å². The monoisotopic (exact) mass is 399 g/mol. The lowest BCUT2D eigenvalue weighted by Crippen LogP contribution is -2.60. The lowest BCUT2D eigenvalue weighted by atomic mass is 9.49. The van der Waals surface area contributed by atoms with Gasteiger partial charge in [0.2, 0.25) is 5.91 Å². The molecule has 0 saturated heterocycles. The second-order valence-electron chi connectivity index (χ2n) is 8.41. The fourth-order valence-corrected chi connectivity index (χ4v) is 7.52. The van der Waals surface area contributed by atoms with Crippen LogP contribution in [0.4, 0.5) is 5.69 Å². The van der Waals surface area contributed by atoms with Crippen molar-refractivity contribution in [2.24, 2.45) is 23.1 Å². The SMILES string of the molecule is NN(C(=O)C12CC3CC(CC(Br)(C3)C1)C2)c1cccc2ncccc12. The molecule has 4 nitrogen and oxygen atoms in total. The van der Waals surface area contributed by atoms with E-state index in [2.05, 4.69) is 20.9 Å². The van der Waals surface area contributed by atoms with Gasteiger partial charge in [0, 0.05) is 15.9 Å². The molecule has 5 heteroatoms. The van der Waals surface area contributed by atoms with E-state index in [1.165, 1.54) is 24.3 Å². The van der Waals surface area contributed by atoms with Crippen molar-refractivity contribution in [3.05, 3.63) is 36.5 Å². The quantitative estimate of drug-likeness (QED) is 0.356. The van der Waals surface area contributed by atoms with Gasteiger partial charge >= 0.3 is 0 Å². The summed E-state index contributed by atoms with van der Waals surface area (Å²) in [6, 6.07) is 9.67. The Bertz CT molecular complexity index is 848. The third-order valence-corrected chi connectivity index (χ3v) is 7.47. The number of fused-ring (bicyclic) bond motifs is 1. The maximum absolute atomic E-state index is 13.5. The molecule has 2 aromatic rings. The van der Waals surface area contributed by atoms with Gasteiger partial charge in [-0.25, -0.2) is 10.9 Å². The first-order valence-corrected chi connectivity index (χ1v) is 9.89. The van der Waals surface area contributed by atoms with Crippen LogP contribution in [0.25, 0.3) is 10.9 Å². The molecular weight excluding hydrogens is 378 g/mol. The summed E-state index contributed by atoms with van der Waals surface area (Å²) < 4.78 is 0.147. The zero-order chi connectivity index (χ0) is 17.2. The second kappa shape index (κ2) is 5.27. The van der Waals surface area contributed by atoms with E-state index in [4.69, 9.17) is 5.84 Å². The summed E-state index contributed by atoms with van der Waals surface area (Å²) in [4.78, 5) is 17.9. The van der Waals surface area contributed by atoms with E-state index < -0.39 is 0 Å². The van der Waals surface area contributed by atoms with E-state index in [0.717, 1.165) is 35.9 Å². The van der Waals surface area contributed by atoms with Gasteiger partial charge in [-0.05, 0) is 74.6 Å². The minimum absolute atomic E-state index is 0.0850. The van der Waals surface area contributed by atoms with Crippen LogP contribution in [-0.2, 0) is 4.79 Å². The molecule has 1 amide bonds. The van der Waals surface area contributed by atoms with Crippen LogP contribution in [-0.4, -0.2) is 15.2 Å². The number of pyridine rings is 1. The van der Waals surface area contributed by atoms with Gasteiger partial charge in [-0.3, -0.25) is 9.78 Å². The highest BCUT2D eigenvalue weighted by molar-refractivity contribution is 9.10. The molecule has 4 saturated carbocycles. The van der Waals surface area contributed by atoms with Gasteiger partial charge < -0.3 is 0 Å². The van der Waals surface area contributed by atoms with Crippen molar-refractivity contribution in [1.82, 2.24) is 4.98 Å². The minimum Gasteiger partial charge on any atom is -0.272 e. The number of benzene rings is 1. The number of carbonyl (C=O) groups excluding carboxylic acids is 1. The standard InChI is InChI=1S/C20H22BrN3O/c21-20-10-13-7-14(11-20)9-19(8-13,12-20)18(25)24(22)17-5-1-4-16-15(17)3-2-6-23-16/h1-6,13-14H,7-12,22H2. The zero-order valence-electron chi connectivity index (χ0n) is 14.1. The smallest absolute Gasteiger partial charge is 0.247 e. The summed E-state index contributed by atoms with van der Waals surface area (Å²) in [6.07, 6.45) is 8.37. The van der Waals surface area contributed by atoms with E-state index >= 15 is 0 Å². The summed E-state index contributed by atoms with van der Waals surface area (Å²) in [7, 11) is 0. The third-order valence-electron chi connectivity index (χ3n) is 6.54. The van der Waals surface area contributed by atoms with Crippen molar-refractivity contribution >= 4 is 38.4 Å². The number of hydrogen-bond acceptors (Lipinski definition) is 3. The Morgan fingerprint density at radius 1 is 1.16 bits per heavy atom. The van der Waals surface area contributed by atoms with Crippen molar-refractivity contribution in [3.8, 4) is 0 Å². The Balaban J connectivity index is 1.54. The maximum atomic E-state index is 13.5. The molecule has 2 N–H and O–H groups in total. The Morgan fingerprint density at radius 3 is 2.64 bits per heavy atom. The van der Waals surface area contributed by atoms with Crippen LogP contribution in [0.1, 0.15) is 38.5 Å². The van der Waals surface area contributed by atoms with Gasteiger partial charge in [-0.15, -0.1) is 0 Å². The van der Waals surface area contributed by atoms with E-state index in [9.17, 15) is 4.79 Å². The number of carbonyl (C=O) groups is 1. The number of amides is 1. The predicted molar refractivity (Wildman–Crippen MR) is 102 cm³/mol. The van der Waals surface area contributed by atoms with E-state index in [1.54, 1.807) is 6.20 Å². The summed E-state index contributed by atoms with van der Waals surface area (Å²) in [5.41, 5.74) is 1.33. The van der Waals surface area contributed by atoms with Crippen molar-refractivity contribution < 1.29 is 4.79 Å². The number of nitrogens with zero attached hydrogens (tertiary/aromatic N) is 2. The van der Waals surface area contributed by atoms with Crippen LogP contribution in [0.2, 0.25) is 0 Å². The summed E-state index contributed by atoms with van der Waals surface area (Å²) in [5, 5.41) is 2.34. The Morgan fingerprint density at radius 2 is 1.92 bits per heavy atom. The average Bonchev–Trinajstić information content (AvgIpc) is 2.58. The number of hydrazine groups is 1.